The molecule has 2 atom stereocenters. The van der Waals surface area contributed by atoms with Crippen LogP contribution < -0.4 is 10.6 Å². The molecule has 2 N–H and O–H groups in total. The van der Waals surface area contributed by atoms with Gasteiger partial charge in [-0.05, 0) is 19.9 Å². The number of hydrogen-bond acceptors (Lipinski definition) is 5. The SMILES string of the molecule is CCCNCCN1CCO[C@H](CNC(=O)C(C)S)C1. The first-order chi connectivity index (χ1) is 9.13. The van der Waals surface area contributed by atoms with Crippen LogP contribution in [-0.4, -0.2) is 68.0 Å². The van der Waals surface area contributed by atoms with E-state index < -0.39 is 0 Å². The third kappa shape index (κ3) is 7.15. The molecule has 1 amide bonds. The lowest BCUT2D eigenvalue weighted by molar-refractivity contribution is -0.121. The summed E-state index contributed by atoms with van der Waals surface area (Å²) in [4.78, 5) is 13.8. The van der Waals surface area contributed by atoms with Gasteiger partial charge < -0.3 is 15.4 Å². The minimum absolute atomic E-state index is 0.0336. The first kappa shape index (κ1) is 16.8. The summed E-state index contributed by atoms with van der Waals surface area (Å²) in [6.07, 6.45) is 1.26. The van der Waals surface area contributed by atoms with Crippen LogP contribution in [0.1, 0.15) is 20.3 Å². The maximum Gasteiger partial charge on any atom is 0.232 e. The molecule has 1 fully saturated rings. The van der Waals surface area contributed by atoms with Crippen molar-refractivity contribution in [2.24, 2.45) is 0 Å². The zero-order chi connectivity index (χ0) is 14.1. The van der Waals surface area contributed by atoms with Crippen LogP contribution in [-0.2, 0) is 9.53 Å². The van der Waals surface area contributed by atoms with E-state index in [4.69, 9.17) is 4.74 Å². The molecule has 0 bridgehead atoms. The standard InChI is InChI=1S/C13H27N3O2S/c1-3-4-14-5-6-16-7-8-18-12(10-16)9-15-13(17)11(2)19/h11-12,14,19H,3-10H2,1-2H3,(H,15,17)/t11?,12-/m1/s1. The molecule has 0 aromatic carbocycles. The van der Waals surface area contributed by atoms with Crippen molar-refractivity contribution in [3.8, 4) is 0 Å². The second-order valence-electron chi connectivity index (χ2n) is 4.96. The van der Waals surface area contributed by atoms with Crippen molar-refractivity contribution in [3.63, 3.8) is 0 Å². The van der Waals surface area contributed by atoms with Gasteiger partial charge in [0.15, 0.2) is 0 Å². The van der Waals surface area contributed by atoms with Gasteiger partial charge in [0.25, 0.3) is 0 Å². The normalized spacial score (nSPS) is 22.2. The molecule has 1 heterocycles. The van der Waals surface area contributed by atoms with Gasteiger partial charge in [0.05, 0.1) is 18.0 Å². The summed E-state index contributed by atoms with van der Waals surface area (Å²) < 4.78 is 5.66. The van der Waals surface area contributed by atoms with E-state index in [9.17, 15) is 4.79 Å². The summed E-state index contributed by atoms with van der Waals surface area (Å²) in [5.74, 6) is -0.0336. The van der Waals surface area contributed by atoms with E-state index in [1.54, 1.807) is 6.92 Å². The number of morpholine rings is 1. The van der Waals surface area contributed by atoms with Crippen LogP contribution in [0.2, 0.25) is 0 Å². The molecule has 0 aromatic heterocycles. The molecule has 1 rings (SSSR count). The Hall–Kier alpha value is -0.300. The highest BCUT2D eigenvalue weighted by Crippen LogP contribution is 2.04. The molecule has 112 valence electrons. The van der Waals surface area contributed by atoms with Gasteiger partial charge in [-0.3, -0.25) is 9.69 Å². The van der Waals surface area contributed by atoms with Crippen molar-refractivity contribution in [2.45, 2.75) is 31.6 Å². The summed E-state index contributed by atoms with van der Waals surface area (Å²) in [5, 5.41) is 6.00. The highest BCUT2D eigenvalue weighted by Gasteiger charge is 2.20. The van der Waals surface area contributed by atoms with E-state index in [1.807, 2.05) is 0 Å². The summed E-state index contributed by atoms with van der Waals surface area (Å²) >= 11 is 4.10. The van der Waals surface area contributed by atoms with Crippen molar-refractivity contribution in [2.75, 3.05) is 45.9 Å². The largest absolute Gasteiger partial charge is 0.374 e. The average Bonchev–Trinajstić information content (AvgIpc) is 2.41. The predicted octanol–water partition coefficient (Wildman–Crippen LogP) is 0.121. The number of thiol groups is 1. The van der Waals surface area contributed by atoms with Gasteiger partial charge in [-0.25, -0.2) is 0 Å². The van der Waals surface area contributed by atoms with Gasteiger partial charge in [0, 0.05) is 32.7 Å². The number of nitrogens with zero attached hydrogens (tertiary/aromatic N) is 1. The zero-order valence-electron chi connectivity index (χ0n) is 12.0. The Morgan fingerprint density at radius 1 is 1.53 bits per heavy atom. The number of nitrogens with one attached hydrogen (secondary N) is 2. The fourth-order valence-corrected chi connectivity index (χ4v) is 2.10. The lowest BCUT2D eigenvalue weighted by Gasteiger charge is -2.33. The van der Waals surface area contributed by atoms with E-state index in [-0.39, 0.29) is 17.3 Å². The summed E-state index contributed by atoms with van der Waals surface area (Å²) in [5.41, 5.74) is 0. The van der Waals surface area contributed by atoms with Crippen molar-refractivity contribution in [1.82, 2.24) is 15.5 Å². The van der Waals surface area contributed by atoms with Crippen LogP contribution >= 0.6 is 12.6 Å². The van der Waals surface area contributed by atoms with Crippen LogP contribution in [0.5, 0.6) is 0 Å². The van der Waals surface area contributed by atoms with Crippen LogP contribution in [0.15, 0.2) is 0 Å². The van der Waals surface area contributed by atoms with Gasteiger partial charge in [0.1, 0.15) is 0 Å². The first-order valence-electron chi connectivity index (χ1n) is 7.14. The molecule has 5 nitrogen and oxygen atoms in total. The van der Waals surface area contributed by atoms with Gasteiger partial charge in [-0.2, -0.15) is 12.6 Å². The van der Waals surface area contributed by atoms with Crippen LogP contribution in [0, 0.1) is 0 Å². The lowest BCUT2D eigenvalue weighted by Crippen LogP contribution is -2.49. The van der Waals surface area contributed by atoms with E-state index in [1.165, 1.54) is 6.42 Å². The van der Waals surface area contributed by atoms with Crippen LogP contribution in [0.3, 0.4) is 0 Å². The third-order valence-electron chi connectivity index (χ3n) is 3.14. The fourth-order valence-electron chi connectivity index (χ4n) is 2.01. The molecule has 0 aromatic rings. The highest BCUT2D eigenvalue weighted by molar-refractivity contribution is 7.81. The second kappa shape index (κ2) is 9.58. The average molecular weight is 289 g/mol. The predicted molar refractivity (Wildman–Crippen MR) is 80.8 cm³/mol. The smallest absolute Gasteiger partial charge is 0.232 e. The molecule has 1 unspecified atom stereocenters. The minimum atomic E-state index is -0.266. The molecule has 0 spiro atoms. The summed E-state index contributed by atoms with van der Waals surface area (Å²) in [7, 11) is 0. The van der Waals surface area contributed by atoms with Gasteiger partial charge >= 0.3 is 0 Å². The maximum atomic E-state index is 11.4. The zero-order valence-corrected chi connectivity index (χ0v) is 12.9. The summed E-state index contributed by atoms with van der Waals surface area (Å²) in [6.45, 7) is 10.2. The molecule has 0 aliphatic carbocycles. The van der Waals surface area contributed by atoms with Crippen molar-refractivity contribution >= 4 is 18.5 Å². The molecule has 1 aliphatic heterocycles. The number of carbonyl (C=O) groups is 1. The Balaban J connectivity index is 2.17. The monoisotopic (exact) mass is 289 g/mol. The lowest BCUT2D eigenvalue weighted by atomic mass is 10.2. The van der Waals surface area contributed by atoms with E-state index in [0.717, 1.165) is 39.3 Å². The molecule has 0 radical (unpaired) electrons. The summed E-state index contributed by atoms with van der Waals surface area (Å²) in [6, 6.07) is 0. The van der Waals surface area contributed by atoms with E-state index >= 15 is 0 Å². The Morgan fingerprint density at radius 3 is 3.00 bits per heavy atom. The number of rotatable bonds is 8. The Kier molecular flexibility index (Phi) is 8.45. The Morgan fingerprint density at radius 2 is 2.32 bits per heavy atom. The Labute approximate surface area is 121 Å². The topological polar surface area (TPSA) is 53.6 Å². The second-order valence-corrected chi connectivity index (χ2v) is 5.74. The molecular weight excluding hydrogens is 262 g/mol. The molecule has 1 saturated heterocycles. The van der Waals surface area contributed by atoms with Crippen LogP contribution in [0.25, 0.3) is 0 Å². The molecular formula is C13H27N3O2S. The van der Waals surface area contributed by atoms with Crippen molar-refractivity contribution < 1.29 is 9.53 Å². The van der Waals surface area contributed by atoms with Crippen molar-refractivity contribution in [3.05, 3.63) is 0 Å². The number of hydrogen-bond donors (Lipinski definition) is 3. The first-order valence-corrected chi connectivity index (χ1v) is 7.65. The quantitative estimate of drug-likeness (QED) is 0.439. The Bertz CT molecular complexity index is 264. The van der Waals surface area contributed by atoms with E-state index in [2.05, 4.69) is 35.1 Å². The van der Waals surface area contributed by atoms with Gasteiger partial charge in [0.2, 0.25) is 5.91 Å². The molecule has 6 heteroatoms. The number of ether oxygens (including phenoxy) is 1. The van der Waals surface area contributed by atoms with Gasteiger partial charge in [-0.1, -0.05) is 6.92 Å². The van der Waals surface area contributed by atoms with Crippen molar-refractivity contribution in [1.29, 1.82) is 0 Å². The molecule has 19 heavy (non-hydrogen) atoms. The van der Waals surface area contributed by atoms with Gasteiger partial charge in [-0.15, -0.1) is 0 Å². The fraction of sp³-hybridized carbons (Fsp3) is 0.923. The van der Waals surface area contributed by atoms with Crippen LogP contribution in [0.4, 0.5) is 0 Å². The number of amides is 1. The minimum Gasteiger partial charge on any atom is -0.374 e. The maximum absolute atomic E-state index is 11.4. The van der Waals surface area contributed by atoms with E-state index in [0.29, 0.717) is 6.54 Å². The molecule has 0 saturated carbocycles. The third-order valence-corrected chi connectivity index (χ3v) is 3.37. The highest BCUT2D eigenvalue weighted by atomic mass is 32.1. The number of carbonyl (C=O) groups excluding carboxylic acids is 1. The molecule has 1 aliphatic rings.